The number of ether oxygens (including phenoxy) is 1. The number of rotatable bonds is 12. The normalized spacial score (nSPS) is 16.9. The van der Waals surface area contributed by atoms with Crippen LogP contribution in [0.1, 0.15) is 58.8 Å². The van der Waals surface area contributed by atoms with Crippen LogP contribution in [-0.4, -0.2) is 66.8 Å². The van der Waals surface area contributed by atoms with Crippen LogP contribution >= 0.6 is 11.6 Å². The van der Waals surface area contributed by atoms with Crippen LogP contribution in [0, 0.1) is 24.5 Å². The summed E-state index contributed by atoms with van der Waals surface area (Å²) in [6.07, 6.45) is -2.81. The molecule has 7 aromatic rings. The molecule has 3 atom stereocenters. The van der Waals surface area contributed by atoms with Gasteiger partial charge in [0.25, 0.3) is 17.9 Å². The molecule has 23 heteroatoms. The van der Waals surface area contributed by atoms with Gasteiger partial charge < -0.3 is 10.1 Å². The molecule has 0 radical (unpaired) electrons. The van der Waals surface area contributed by atoms with Gasteiger partial charge in [-0.2, -0.15) is 24.0 Å². The molecular formula is C41H33ClF6N10O5S. The van der Waals surface area contributed by atoms with E-state index < -0.39 is 87.7 Å². The zero-order chi connectivity index (χ0) is 45.7. The highest BCUT2D eigenvalue weighted by Gasteiger charge is 2.67. The van der Waals surface area contributed by atoms with Crippen LogP contribution in [0.15, 0.2) is 59.4 Å². The first-order chi connectivity index (χ1) is 30.2. The fourth-order valence-electron chi connectivity index (χ4n) is 8.52. The summed E-state index contributed by atoms with van der Waals surface area (Å²) in [5, 5.41) is 10.8. The lowest BCUT2D eigenvalue weighted by atomic mass is 10.0. The lowest BCUT2D eigenvalue weighted by Gasteiger charge is -2.24. The maximum absolute atomic E-state index is 15.6. The minimum Gasteiger partial charge on any atom is -0.467 e. The molecule has 1 saturated carbocycles. The van der Waals surface area contributed by atoms with Crippen molar-refractivity contribution in [3.05, 3.63) is 116 Å². The van der Waals surface area contributed by atoms with Gasteiger partial charge in [0.15, 0.2) is 5.82 Å². The molecule has 2 N–H and O–H groups in total. The van der Waals surface area contributed by atoms with Gasteiger partial charge in [0, 0.05) is 42.3 Å². The summed E-state index contributed by atoms with van der Waals surface area (Å²) in [5.74, 6) is -9.13. The molecule has 4 heterocycles. The summed E-state index contributed by atoms with van der Waals surface area (Å²) < 4.78 is 124. The average Bonchev–Trinajstić information content (AvgIpc) is 3.75. The number of fused-ring (bicyclic) bond motifs is 5. The molecule has 0 aliphatic heterocycles. The number of carbonyl (C=O) groups is 1. The molecule has 9 rings (SSSR count). The zero-order valence-corrected chi connectivity index (χ0v) is 35.4. The van der Waals surface area contributed by atoms with E-state index in [2.05, 4.69) is 30.2 Å². The van der Waals surface area contributed by atoms with E-state index in [1.54, 1.807) is 19.1 Å². The molecule has 15 nitrogen and oxygen atoms in total. The third-order valence-electron chi connectivity index (χ3n) is 11.1. The van der Waals surface area contributed by atoms with Crippen molar-refractivity contribution in [3.8, 4) is 23.0 Å². The number of hydrogen-bond donors (Lipinski definition) is 2. The molecule has 0 spiro atoms. The van der Waals surface area contributed by atoms with Crippen LogP contribution < -0.4 is 20.3 Å². The topological polar surface area (TPSA) is 181 Å². The Bertz CT molecular complexity index is 3270. The number of nitrogens with one attached hydrogen (secondary N) is 2. The van der Waals surface area contributed by atoms with E-state index in [4.69, 9.17) is 21.3 Å². The maximum Gasteiger partial charge on any atom is 0.316 e. The molecule has 1 fully saturated rings. The third-order valence-corrected chi connectivity index (χ3v) is 12.0. The number of methoxy groups -OCH3 is 1. The van der Waals surface area contributed by atoms with E-state index in [0.717, 1.165) is 23.0 Å². The van der Waals surface area contributed by atoms with Crippen LogP contribution in [0.2, 0.25) is 5.02 Å². The van der Waals surface area contributed by atoms with Crippen molar-refractivity contribution in [3.63, 3.8) is 0 Å². The Kier molecular flexibility index (Phi) is 10.2. The number of carbonyl (C=O) groups excluding carboxylic acids is 1. The predicted molar refractivity (Wildman–Crippen MR) is 220 cm³/mol. The van der Waals surface area contributed by atoms with Gasteiger partial charge in [0.05, 0.1) is 57.6 Å². The van der Waals surface area contributed by atoms with Gasteiger partial charge in [-0.25, -0.2) is 35.9 Å². The fourth-order valence-corrected chi connectivity index (χ4v) is 9.26. The molecule has 1 amide bonds. The second-order valence-electron chi connectivity index (χ2n) is 15.6. The lowest BCUT2D eigenvalue weighted by molar-refractivity contribution is -0.123. The number of anilines is 1. The Morgan fingerprint density at radius 2 is 1.77 bits per heavy atom. The first-order valence-corrected chi connectivity index (χ1v) is 21.6. The monoisotopic (exact) mass is 926 g/mol. The molecule has 0 unspecified atom stereocenters. The average molecular weight is 927 g/mol. The van der Waals surface area contributed by atoms with E-state index in [1.807, 2.05) is 0 Å². The number of halogens is 7. The molecular weight excluding hydrogens is 894 g/mol. The molecule has 64 heavy (non-hydrogen) atoms. The SMILES string of the molecule is COc1nc(C)cc(-c2ccc3c(=O)n(-c4ccc(Cl)c5c(NS(C)(=O)=O)nn(C)c45)c([C@H](Cc4cc(F)cc(F)c4)NC(=O)Cn4nc(C(F)F)c5c4C(F)(F)[C@@H]4C[C@H]54)nc3c2)n1. The van der Waals surface area contributed by atoms with Crippen molar-refractivity contribution in [2.45, 2.75) is 50.6 Å². The standard InChI is InChI=1S/C41H33ClF6N10O5S/c1-17-9-26(52-40(49-17)63-3)19-5-6-22-27(13-19)51-38(58(39(22)60)29-8-7-25(42)32-34(29)56(2)54-37(32)55-64(4,61)62)28(12-18-10-20(43)14-21(44)11-18)50-30(59)16-57-35-31(33(53-57)36(45)46)23-15-24(23)41(35,47)48/h5-11,13-14,23-24,28,36H,12,15-16H2,1-4H3,(H,50,59)(H,54,55)/t23-,24+,28-/m0/s1. The summed E-state index contributed by atoms with van der Waals surface area (Å²) >= 11 is 6.64. The Morgan fingerprint density at radius 1 is 1.03 bits per heavy atom. The van der Waals surface area contributed by atoms with Crippen LogP contribution in [0.5, 0.6) is 6.01 Å². The van der Waals surface area contributed by atoms with Crippen molar-refractivity contribution < 1.29 is 44.3 Å². The second-order valence-corrected chi connectivity index (χ2v) is 17.8. The highest BCUT2D eigenvalue weighted by atomic mass is 35.5. The van der Waals surface area contributed by atoms with Crippen molar-refractivity contribution >= 4 is 55.2 Å². The maximum atomic E-state index is 15.6. The van der Waals surface area contributed by atoms with Crippen LogP contribution in [0.4, 0.5) is 32.2 Å². The van der Waals surface area contributed by atoms with Gasteiger partial charge in [-0.05, 0) is 67.3 Å². The largest absolute Gasteiger partial charge is 0.467 e. The summed E-state index contributed by atoms with van der Waals surface area (Å²) in [6.45, 7) is 0.715. The lowest BCUT2D eigenvalue weighted by Crippen LogP contribution is -2.38. The van der Waals surface area contributed by atoms with Crippen molar-refractivity contribution in [2.24, 2.45) is 13.0 Å². The molecule has 4 aromatic heterocycles. The summed E-state index contributed by atoms with van der Waals surface area (Å²) in [5.41, 5.74) is -1.27. The molecule has 332 valence electrons. The molecule has 0 bridgehead atoms. The van der Waals surface area contributed by atoms with Gasteiger partial charge in [-0.15, -0.1) is 0 Å². The molecule has 0 saturated heterocycles. The Morgan fingerprint density at radius 3 is 2.45 bits per heavy atom. The second kappa shape index (κ2) is 15.3. The number of amides is 1. The van der Waals surface area contributed by atoms with Gasteiger partial charge in [-0.1, -0.05) is 17.7 Å². The number of sulfonamides is 1. The van der Waals surface area contributed by atoms with Gasteiger partial charge in [-0.3, -0.25) is 28.2 Å². The van der Waals surface area contributed by atoms with Gasteiger partial charge in [0.1, 0.15) is 35.4 Å². The van der Waals surface area contributed by atoms with E-state index in [1.165, 1.54) is 43.1 Å². The van der Waals surface area contributed by atoms with Crippen molar-refractivity contribution in [2.75, 3.05) is 18.1 Å². The number of nitrogens with zero attached hydrogens (tertiary/aromatic N) is 8. The number of hydrogen-bond acceptors (Lipinski definition) is 10. The number of benzene rings is 3. The smallest absolute Gasteiger partial charge is 0.316 e. The van der Waals surface area contributed by atoms with E-state index in [9.17, 15) is 30.8 Å². The van der Waals surface area contributed by atoms with Gasteiger partial charge in [0.2, 0.25) is 15.9 Å². The molecule has 3 aromatic carbocycles. The van der Waals surface area contributed by atoms with E-state index in [0.29, 0.717) is 27.7 Å². The number of aromatic nitrogens is 8. The summed E-state index contributed by atoms with van der Waals surface area (Å²) in [7, 11) is -1.09. The van der Waals surface area contributed by atoms with E-state index in [-0.39, 0.29) is 67.7 Å². The molecule has 2 aliphatic rings. The summed E-state index contributed by atoms with van der Waals surface area (Å²) in [4.78, 5) is 42.8. The Labute approximate surface area is 363 Å². The van der Waals surface area contributed by atoms with Crippen LogP contribution in [0.3, 0.4) is 0 Å². The van der Waals surface area contributed by atoms with Crippen molar-refractivity contribution in [1.29, 1.82) is 0 Å². The quantitative estimate of drug-likeness (QED) is 0.124. The van der Waals surface area contributed by atoms with Crippen LogP contribution in [-0.2, 0) is 40.8 Å². The Hall–Kier alpha value is -6.55. The predicted octanol–water partition coefficient (Wildman–Crippen LogP) is 6.79. The highest BCUT2D eigenvalue weighted by molar-refractivity contribution is 7.92. The minimum absolute atomic E-state index is 0.000555. The van der Waals surface area contributed by atoms with Crippen molar-refractivity contribution in [1.82, 2.24) is 44.4 Å². The Balaban J connectivity index is 1.27. The highest BCUT2D eigenvalue weighted by Crippen LogP contribution is 2.68. The molecule has 2 aliphatic carbocycles. The van der Waals surface area contributed by atoms with E-state index >= 15 is 13.6 Å². The minimum atomic E-state index is -3.93. The summed E-state index contributed by atoms with van der Waals surface area (Å²) in [6, 6.07) is 10.1. The fraction of sp³-hybridized carbons (Fsp3) is 0.293. The van der Waals surface area contributed by atoms with Gasteiger partial charge >= 0.3 is 6.01 Å². The number of aryl methyl sites for hydroxylation is 2. The first-order valence-electron chi connectivity index (χ1n) is 19.3. The third kappa shape index (κ3) is 7.46. The number of alkyl halides is 4. The first kappa shape index (κ1) is 42.7. The van der Waals surface area contributed by atoms with Crippen LogP contribution in [0.25, 0.3) is 38.8 Å². The zero-order valence-electron chi connectivity index (χ0n) is 33.8.